The summed E-state index contributed by atoms with van der Waals surface area (Å²) in [7, 11) is 1.49. The van der Waals surface area contributed by atoms with Gasteiger partial charge in [0.25, 0.3) is 0 Å². The van der Waals surface area contributed by atoms with E-state index in [2.05, 4.69) is 0 Å². The predicted octanol–water partition coefficient (Wildman–Crippen LogP) is 2.14. The lowest BCUT2D eigenvalue weighted by atomic mass is 10.1. The van der Waals surface area contributed by atoms with E-state index in [4.69, 9.17) is 4.74 Å². The zero-order chi connectivity index (χ0) is 9.31. The smallest absolute Gasteiger partial charge is 0.308 e. The van der Waals surface area contributed by atoms with E-state index in [0.717, 1.165) is 12.8 Å². The molecule has 1 heterocycles. The van der Waals surface area contributed by atoms with E-state index >= 15 is 0 Å². The topological polar surface area (TPSA) is 26.3 Å². The van der Waals surface area contributed by atoms with Crippen molar-refractivity contribution in [1.29, 1.82) is 0 Å². The molecule has 1 unspecified atom stereocenters. The van der Waals surface area contributed by atoms with Gasteiger partial charge in [0.1, 0.15) is 0 Å². The van der Waals surface area contributed by atoms with Gasteiger partial charge in [-0.05, 0) is 19.3 Å². The first-order valence-electron chi connectivity index (χ1n) is 4.61. The minimum atomic E-state index is -0.00928. The third-order valence-corrected chi connectivity index (χ3v) is 6.35. The minimum Gasteiger partial charge on any atom is -0.469 e. The van der Waals surface area contributed by atoms with Crippen molar-refractivity contribution in [3.8, 4) is 0 Å². The van der Waals surface area contributed by atoms with Gasteiger partial charge in [0.15, 0.2) is 0 Å². The van der Waals surface area contributed by atoms with Gasteiger partial charge in [-0.3, -0.25) is 4.79 Å². The van der Waals surface area contributed by atoms with Crippen LogP contribution in [0.15, 0.2) is 0 Å². The van der Waals surface area contributed by atoms with E-state index in [0.29, 0.717) is 4.08 Å². The first-order valence-corrected chi connectivity index (χ1v) is 6.59. The van der Waals surface area contributed by atoms with Gasteiger partial charge in [-0.15, -0.1) is 23.5 Å². The van der Waals surface area contributed by atoms with Crippen LogP contribution in [-0.4, -0.2) is 28.7 Å². The number of methoxy groups -OCH3 is 1. The molecule has 1 spiro atoms. The lowest BCUT2D eigenvalue weighted by Crippen LogP contribution is -2.17. The van der Waals surface area contributed by atoms with Crippen LogP contribution < -0.4 is 0 Å². The van der Waals surface area contributed by atoms with Gasteiger partial charge in [0.2, 0.25) is 0 Å². The molecule has 13 heavy (non-hydrogen) atoms. The molecule has 2 rings (SSSR count). The first-order chi connectivity index (χ1) is 6.26. The van der Waals surface area contributed by atoms with Crippen molar-refractivity contribution in [1.82, 2.24) is 0 Å². The molecule has 2 nitrogen and oxygen atoms in total. The largest absolute Gasteiger partial charge is 0.469 e. The molecule has 2 aliphatic rings. The fourth-order valence-electron chi connectivity index (χ4n) is 2.10. The summed E-state index contributed by atoms with van der Waals surface area (Å²) >= 11 is 4.08. The molecular formula is C9H14O2S2. The van der Waals surface area contributed by atoms with Crippen LogP contribution in [0.5, 0.6) is 0 Å². The van der Waals surface area contributed by atoms with Gasteiger partial charge < -0.3 is 4.74 Å². The zero-order valence-electron chi connectivity index (χ0n) is 7.75. The maximum Gasteiger partial charge on any atom is 0.308 e. The highest BCUT2D eigenvalue weighted by Gasteiger charge is 2.45. The summed E-state index contributed by atoms with van der Waals surface area (Å²) in [6.07, 6.45) is 3.23. The average molecular weight is 218 g/mol. The Morgan fingerprint density at radius 2 is 2.15 bits per heavy atom. The van der Waals surface area contributed by atoms with Crippen LogP contribution in [0.1, 0.15) is 19.3 Å². The van der Waals surface area contributed by atoms with Crippen LogP contribution in [0, 0.1) is 5.92 Å². The van der Waals surface area contributed by atoms with Crippen molar-refractivity contribution < 1.29 is 9.53 Å². The Hall–Kier alpha value is 0.170. The second-order valence-electron chi connectivity index (χ2n) is 3.57. The van der Waals surface area contributed by atoms with Crippen molar-refractivity contribution in [2.45, 2.75) is 23.3 Å². The van der Waals surface area contributed by atoms with Gasteiger partial charge >= 0.3 is 5.97 Å². The number of hydrogen-bond donors (Lipinski definition) is 0. The quantitative estimate of drug-likeness (QED) is 0.630. The Bertz CT molecular complexity index is 212. The summed E-state index contributed by atoms with van der Waals surface area (Å²) in [6, 6.07) is 0. The Balaban J connectivity index is 1.96. The molecular weight excluding hydrogens is 204 g/mol. The molecule has 74 valence electrons. The number of ether oxygens (including phenoxy) is 1. The summed E-state index contributed by atoms with van der Waals surface area (Å²) in [6.45, 7) is 0. The maximum absolute atomic E-state index is 11.3. The van der Waals surface area contributed by atoms with Crippen LogP contribution in [0.2, 0.25) is 0 Å². The Labute approximate surface area is 87.2 Å². The van der Waals surface area contributed by atoms with Crippen molar-refractivity contribution in [3.05, 3.63) is 0 Å². The normalized spacial score (nSPS) is 31.0. The molecule has 1 aliphatic carbocycles. The SMILES string of the molecule is COC(=O)C1CCC2(C1)SCCS2. The van der Waals surface area contributed by atoms with Crippen LogP contribution in [0.25, 0.3) is 0 Å². The maximum atomic E-state index is 11.3. The fourth-order valence-corrected chi connectivity index (χ4v) is 5.51. The van der Waals surface area contributed by atoms with Gasteiger partial charge in [-0.2, -0.15) is 0 Å². The van der Waals surface area contributed by atoms with Gasteiger partial charge in [0.05, 0.1) is 17.1 Å². The molecule has 1 saturated heterocycles. The lowest BCUT2D eigenvalue weighted by Gasteiger charge is -2.20. The molecule has 0 bridgehead atoms. The van der Waals surface area contributed by atoms with Gasteiger partial charge in [-0.25, -0.2) is 0 Å². The van der Waals surface area contributed by atoms with E-state index < -0.39 is 0 Å². The van der Waals surface area contributed by atoms with Crippen molar-refractivity contribution >= 4 is 29.5 Å². The predicted molar refractivity (Wildman–Crippen MR) is 57.0 cm³/mol. The highest BCUT2D eigenvalue weighted by molar-refractivity contribution is 8.21. The van der Waals surface area contributed by atoms with Crippen LogP contribution in [0.4, 0.5) is 0 Å². The molecule has 0 aromatic carbocycles. The molecule has 1 atom stereocenters. The highest BCUT2D eigenvalue weighted by atomic mass is 32.2. The third kappa shape index (κ3) is 1.84. The second kappa shape index (κ2) is 3.73. The third-order valence-electron chi connectivity index (χ3n) is 2.78. The number of hydrogen-bond acceptors (Lipinski definition) is 4. The number of esters is 1. The van der Waals surface area contributed by atoms with Gasteiger partial charge in [0, 0.05) is 11.5 Å². The molecule has 4 heteroatoms. The fraction of sp³-hybridized carbons (Fsp3) is 0.889. The van der Waals surface area contributed by atoms with Crippen LogP contribution >= 0.6 is 23.5 Å². The first kappa shape index (κ1) is 9.71. The number of carbonyl (C=O) groups is 1. The number of thioether (sulfide) groups is 2. The summed E-state index contributed by atoms with van der Waals surface area (Å²) < 4.78 is 5.15. The lowest BCUT2D eigenvalue weighted by molar-refractivity contribution is -0.145. The molecule has 0 N–H and O–H groups in total. The number of rotatable bonds is 1. The van der Waals surface area contributed by atoms with E-state index in [1.807, 2.05) is 23.5 Å². The van der Waals surface area contributed by atoms with Crippen molar-refractivity contribution in [2.75, 3.05) is 18.6 Å². The van der Waals surface area contributed by atoms with Crippen molar-refractivity contribution in [2.24, 2.45) is 5.92 Å². The van der Waals surface area contributed by atoms with Crippen LogP contribution in [-0.2, 0) is 9.53 Å². The van der Waals surface area contributed by atoms with E-state index in [1.165, 1.54) is 25.0 Å². The zero-order valence-corrected chi connectivity index (χ0v) is 9.38. The minimum absolute atomic E-state index is 0.00928. The highest BCUT2D eigenvalue weighted by Crippen LogP contribution is 2.56. The van der Waals surface area contributed by atoms with Crippen molar-refractivity contribution in [3.63, 3.8) is 0 Å². The van der Waals surface area contributed by atoms with E-state index in [1.54, 1.807) is 0 Å². The van der Waals surface area contributed by atoms with E-state index in [9.17, 15) is 4.79 Å². The molecule has 2 fully saturated rings. The monoisotopic (exact) mass is 218 g/mol. The number of carbonyl (C=O) groups excluding carboxylic acids is 1. The average Bonchev–Trinajstić information content (AvgIpc) is 2.76. The standard InChI is InChI=1S/C9H14O2S2/c1-11-8(10)7-2-3-9(6-7)12-4-5-13-9/h7H,2-6H2,1H3. The Morgan fingerprint density at radius 3 is 2.77 bits per heavy atom. The molecule has 0 radical (unpaired) electrons. The summed E-state index contributed by atoms with van der Waals surface area (Å²) in [5.41, 5.74) is 0. The molecule has 0 aromatic rings. The Morgan fingerprint density at radius 1 is 1.46 bits per heavy atom. The van der Waals surface area contributed by atoms with E-state index in [-0.39, 0.29) is 11.9 Å². The molecule has 1 saturated carbocycles. The molecule has 1 aliphatic heterocycles. The Kier molecular flexibility index (Phi) is 2.79. The van der Waals surface area contributed by atoms with Crippen LogP contribution in [0.3, 0.4) is 0 Å². The summed E-state index contributed by atoms with van der Waals surface area (Å²) in [5.74, 6) is 2.66. The summed E-state index contributed by atoms with van der Waals surface area (Å²) in [4.78, 5) is 11.3. The summed E-state index contributed by atoms with van der Waals surface area (Å²) in [5, 5.41) is 0. The second-order valence-corrected chi connectivity index (χ2v) is 6.79. The molecule has 0 aromatic heterocycles. The molecule has 0 amide bonds. The van der Waals surface area contributed by atoms with Gasteiger partial charge in [-0.1, -0.05) is 0 Å².